The van der Waals surface area contributed by atoms with E-state index in [4.69, 9.17) is 10.5 Å². The third kappa shape index (κ3) is 3.36. The number of ether oxygens (including phenoxy) is 1. The van der Waals surface area contributed by atoms with Crippen molar-refractivity contribution in [2.24, 2.45) is 5.73 Å². The van der Waals surface area contributed by atoms with Crippen LogP contribution >= 0.6 is 31.9 Å². The molecular formula is C12H17Br2NO2. The zero-order valence-corrected chi connectivity index (χ0v) is 13.1. The predicted octanol–water partition coefficient (Wildman–Crippen LogP) is 4.12. The second-order valence-corrected chi connectivity index (χ2v) is 5.48. The number of hydrogen-bond donors (Lipinski definition) is 2. The minimum Gasteiger partial charge on any atom is -0.503 e. The van der Waals surface area contributed by atoms with Crippen molar-refractivity contribution in [1.29, 1.82) is 0 Å². The number of nitrogens with two attached hydrogens (primary N) is 1. The van der Waals surface area contributed by atoms with Crippen LogP contribution in [0.25, 0.3) is 0 Å². The van der Waals surface area contributed by atoms with Crippen molar-refractivity contribution in [1.82, 2.24) is 0 Å². The van der Waals surface area contributed by atoms with E-state index in [2.05, 4.69) is 38.8 Å². The van der Waals surface area contributed by atoms with Crippen molar-refractivity contribution < 1.29 is 9.84 Å². The lowest BCUT2D eigenvalue weighted by Crippen LogP contribution is -2.11. The molecule has 0 heterocycles. The summed E-state index contributed by atoms with van der Waals surface area (Å²) in [4.78, 5) is 0. The Hall–Kier alpha value is -0.260. The third-order valence-electron chi connectivity index (χ3n) is 2.66. The summed E-state index contributed by atoms with van der Waals surface area (Å²) in [5, 5.41) is 9.82. The zero-order chi connectivity index (χ0) is 13.0. The SMILES string of the molecule is CCCC[C@H](N)c1cc(OC)c(O)c(Br)c1Br. The van der Waals surface area contributed by atoms with Gasteiger partial charge in [-0.05, 0) is 49.9 Å². The Morgan fingerprint density at radius 2 is 2.06 bits per heavy atom. The summed E-state index contributed by atoms with van der Waals surface area (Å²) in [5.74, 6) is 0.521. The molecule has 5 heteroatoms. The van der Waals surface area contributed by atoms with Crippen LogP contribution in [0.15, 0.2) is 15.0 Å². The Bertz CT molecular complexity index is 397. The van der Waals surface area contributed by atoms with Crippen LogP contribution in [0.5, 0.6) is 11.5 Å². The topological polar surface area (TPSA) is 55.5 Å². The largest absolute Gasteiger partial charge is 0.503 e. The van der Waals surface area contributed by atoms with Gasteiger partial charge in [0, 0.05) is 10.5 Å². The van der Waals surface area contributed by atoms with Gasteiger partial charge in [0.05, 0.1) is 11.6 Å². The molecule has 0 aromatic heterocycles. The van der Waals surface area contributed by atoms with E-state index < -0.39 is 0 Å². The van der Waals surface area contributed by atoms with Crippen molar-refractivity contribution in [3.8, 4) is 11.5 Å². The number of benzene rings is 1. The first-order chi connectivity index (χ1) is 8.02. The Kier molecular flexibility index (Phi) is 5.76. The summed E-state index contributed by atoms with van der Waals surface area (Å²) >= 11 is 6.77. The monoisotopic (exact) mass is 365 g/mol. The van der Waals surface area contributed by atoms with Gasteiger partial charge in [-0.2, -0.15) is 0 Å². The predicted molar refractivity (Wildman–Crippen MR) is 76.5 cm³/mol. The van der Waals surface area contributed by atoms with E-state index in [-0.39, 0.29) is 11.8 Å². The average molecular weight is 367 g/mol. The van der Waals surface area contributed by atoms with Crippen LogP contribution < -0.4 is 10.5 Å². The number of unbranched alkanes of at least 4 members (excludes halogenated alkanes) is 1. The summed E-state index contributed by atoms with van der Waals surface area (Å²) < 4.78 is 6.49. The van der Waals surface area contributed by atoms with Crippen molar-refractivity contribution in [2.45, 2.75) is 32.2 Å². The van der Waals surface area contributed by atoms with E-state index in [9.17, 15) is 5.11 Å². The molecule has 0 fully saturated rings. The normalized spacial score (nSPS) is 12.5. The Morgan fingerprint density at radius 3 is 2.59 bits per heavy atom. The molecule has 0 aliphatic carbocycles. The number of methoxy groups -OCH3 is 1. The van der Waals surface area contributed by atoms with Gasteiger partial charge in [-0.15, -0.1) is 0 Å². The third-order valence-corrected chi connectivity index (χ3v) is 4.82. The van der Waals surface area contributed by atoms with Crippen LogP contribution in [0, 0.1) is 0 Å². The molecule has 17 heavy (non-hydrogen) atoms. The molecule has 3 N–H and O–H groups in total. The molecule has 1 rings (SSSR count). The number of halogens is 2. The fourth-order valence-corrected chi connectivity index (χ4v) is 2.64. The number of hydrogen-bond acceptors (Lipinski definition) is 3. The second-order valence-electron chi connectivity index (χ2n) is 3.89. The highest BCUT2D eigenvalue weighted by molar-refractivity contribution is 9.13. The molecule has 0 unspecified atom stereocenters. The molecular weight excluding hydrogens is 350 g/mol. The highest BCUT2D eigenvalue weighted by atomic mass is 79.9. The van der Waals surface area contributed by atoms with Gasteiger partial charge in [0.2, 0.25) is 0 Å². The number of aromatic hydroxyl groups is 1. The molecule has 0 aliphatic heterocycles. The summed E-state index contributed by atoms with van der Waals surface area (Å²) in [5.41, 5.74) is 7.08. The van der Waals surface area contributed by atoms with Gasteiger partial charge in [0.1, 0.15) is 0 Å². The summed E-state index contributed by atoms with van der Waals surface area (Å²) in [6.45, 7) is 2.13. The van der Waals surface area contributed by atoms with Crippen LogP contribution in [0.4, 0.5) is 0 Å². The van der Waals surface area contributed by atoms with E-state index in [1.165, 1.54) is 7.11 Å². The van der Waals surface area contributed by atoms with Gasteiger partial charge in [-0.3, -0.25) is 0 Å². The van der Waals surface area contributed by atoms with Crippen molar-refractivity contribution in [3.63, 3.8) is 0 Å². The Morgan fingerprint density at radius 1 is 1.41 bits per heavy atom. The summed E-state index contributed by atoms with van der Waals surface area (Å²) in [7, 11) is 1.52. The number of phenolic OH excluding ortho intramolecular Hbond substituents is 1. The average Bonchev–Trinajstić information content (AvgIpc) is 2.33. The lowest BCUT2D eigenvalue weighted by atomic mass is 10.0. The quantitative estimate of drug-likeness (QED) is 0.824. The molecule has 0 amide bonds. The first-order valence-corrected chi connectivity index (χ1v) is 7.11. The molecule has 3 nitrogen and oxygen atoms in total. The lowest BCUT2D eigenvalue weighted by Gasteiger charge is -2.17. The molecule has 1 aromatic carbocycles. The highest BCUT2D eigenvalue weighted by Gasteiger charge is 2.18. The maximum atomic E-state index is 9.82. The molecule has 96 valence electrons. The van der Waals surface area contributed by atoms with Crippen LogP contribution in [0.2, 0.25) is 0 Å². The second kappa shape index (κ2) is 6.61. The molecule has 1 atom stereocenters. The minimum absolute atomic E-state index is 0.0601. The molecule has 0 bridgehead atoms. The molecule has 0 saturated carbocycles. The Labute approximate surface area is 119 Å². The maximum absolute atomic E-state index is 9.82. The van der Waals surface area contributed by atoms with Crippen LogP contribution in [0.1, 0.15) is 37.8 Å². The van der Waals surface area contributed by atoms with Crippen molar-refractivity contribution in [2.75, 3.05) is 7.11 Å². The number of phenols is 1. The fourth-order valence-electron chi connectivity index (χ4n) is 1.62. The zero-order valence-electron chi connectivity index (χ0n) is 9.96. The standard InChI is InChI=1S/C12H17Br2NO2/c1-3-4-5-8(15)7-6-9(17-2)12(16)11(14)10(7)13/h6,8,16H,3-5,15H2,1-2H3/t8-/m0/s1. The van der Waals surface area contributed by atoms with E-state index in [0.29, 0.717) is 10.2 Å². The summed E-state index contributed by atoms with van der Waals surface area (Å²) in [6, 6.07) is 1.72. The molecule has 0 aliphatic rings. The van der Waals surface area contributed by atoms with Crippen LogP contribution in [0.3, 0.4) is 0 Å². The van der Waals surface area contributed by atoms with E-state index in [1.54, 1.807) is 6.07 Å². The molecule has 0 saturated heterocycles. The van der Waals surface area contributed by atoms with Crippen molar-refractivity contribution in [3.05, 3.63) is 20.6 Å². The maximum Gasteiger partial charge on any atom is 0.173 e. The van der Waals surface area contributed by atoms with Gasteiger partial charge in [-0.1, -0.05) is 19.8 Å². The smallest absolute Gasteiger partial charge is 0.173 e. The van der Waals surface area contributed by atoms with Crippen molar-refractivity contribution >= 4 is 31.9 Å². The van der Waals surface area contributed by atoms with E-state index in [1.807, 2.05) is 0 Å². The molecule has 0 spiro atoms. The molecule has 1 aromatic rings. The van der Waals surface area contributed by atoms with Gasteiger partial charge in [0.15, 0.2) is 11.5 Å². The van der Waals surface area contributed by atoms with Gasteiger partial charge in [-0.25, -0.2) is 0 Å². The molecule has 0 radical (unpaired) electrons. The van der Waals surface area contributed by atoms with E-state index in [0.717, 1.165) is 29.3 Å². The summed E-state index contributed by atoms with van der Waals surface area (Å²) in [6.07, 6.45) is 3.10. The first kappa shape index (κ1) is 14.8. The highest BCUT2D eigenvalue weighted by Crippen LogP contribution is 2.43. The minimum atomic E-state index is -0.0601. The first-order valence-electron chi connectivity index (χ1n) is 5.53. The number of rotatable bonds is 5. The fraction of sp³-hybridized carbons (Fsp3) is 0.500. The van der Waals surface area contributed by atoms with Gasteiger partial charge >= 0.3 is 0 Å². The van der Waals surface area contributed by atoms with Crippen LogP contribution in [-0.4, -0.2) is 12.2 Å². The Balaban J connectivity index is 3.11. The lowest BCUT2D eigenvalue weighted by molar-refractivity contribution is 0.370. The van der Waals surface area contributed by atoms with E-state index >= 15 is 0 Å². The van der Waals surface area contributed by atoms with Gasteiger partial charge < -0.3 is 15.6 Å². The van der Waals surface area contributed by atoms with Crippen LogP contribution in [-0.2, 0) is 0 Å². The van der Waals surface area contributed by atoms with Gasteiger partial charge in [0.25, 0.3) is 0 Å².